The molecule has 1 heterocycles. The van der Waals surface area contributed by atoms with Crippen molar-refractivity contribution in [3.63, 3.8) is 0 Å². The van der Waals surface area contributed by atoms with Crippen LogP contribution in [0.3, 0.4) is 0 Å². The second kappa shape index (κ2) is 7.54. The van der Waals surface area contributed by atoms with Crippen LogP contribution in [0.5, 0.6) is 0 Å². The van der Waals surface area contributed by atoms with E-state index in [1.807, 2.05) is 0 Å². The Morgan fingerprint density at radius 3 is 2.38 bits per heavy atom. The number of nitrogens with one attached hydrogen (secondary N) is 1. The fraction of sp³-hybridized carbons (Fsp3) is 0.294. The maximum Gasteiger partial charge on any atom is 0.338 e. The maximum absolute atomic E-state index is 12.0. The van der Waals surface area contributed by atoms with Crippen LogP contribution in [0.1, 0.15) is 30.1 Å². The standard InChI is InChI=1S/C17H18N2O5/c1-3-10-18-16(22)11(2)24-17(23)12-4-6-13(7-5-12)19-14(20)8-9-15(19)21/h3-7,11H,1,8-10H2,2H3,(H,18,22)/t11-/m0/s1. The van der Waals surface area contributed by atoms with E-state index in [2.05, 4.69) is 11.9 Å². The van der Waals surface area contributed by atoms with Gasteiger partial charge < -0.3 is 10.1 Å². The van der Waals surface area contributed by atoms with Gasteiger partial charge in [0.2, 0.25) is 11.8 Å². The number of rotatable bonds is 6. The van der Waals surface area contributed by atoms with E-state index in [1.165, 1.54) is 37.3 Å². The van der Waals surface area contributed by atoms with Crippen LogP contribution in [-0.4, -0.2) is 36.3 Å². The molecule has 1 aromatic carbocycles. The molecule has 1 aliphatic rings. The van der Waals surface area contributed by atoms with E-state index >= 15 is 0 Å². The lowest BCUT2D eigenvalue weighted by Crippen LogP contribution is -2.35. The summed E-state index contributed by atoms with van der Waals surface area (Å²) < 4.78 is 5.07. The Morgan fingerprint density at radius 1 is 1.25 bits per heavy atom. The summed E-state index contributed by atoms with van der Waals surface area (Å²) >= 11 is 0. The Kier molecular flexibility index (Phi) is 5.47. The van der Waals surface area contributed by atoms with Crippen molar-refractivity contribution < 1.29 is 23.9 Å². The molecule has 1 atom stereocenters. The first kappa shape index (κ1) is 17.4. The summed E-state index contributed by atoms with van der Waals surface area (Å²) in [5, 5.41) is 2.53. The van der Waals surface area contributed by atoms with E-state index < -0.39 is 18.0 Å². The molecule has 0 saturated carbocycles. The Morgan fingerprint density at radius 2 is 1.83 bits per heavy atom. The highest BCUT2D eigenvalue weighted by Crippen LogP contribution is 2.23. The van der Waals surface area contributed by atoms with Crippen molar-refractivity contribution in [2.75, 3.05) is 11.4 Å². The summed E-state index contributed by atoms with van der Waals surface area (Å²) in [6.07, 6.45) is 0.963. The number of carbonyl (C=O) groups excluding carboxylic acids is 4. The zero-order valence-corrected chi connectivity index (χ0v) is 13.3. The average molecular weight is 330 g/mol. The van der Waals surface area contributed by atoms with Crippen molar-refractivity contribution in [3.8, 4) is 0 Å². The number of benzene rings is 1. The van der Waals surface area contributed by atoms with Crippen molar-refractivity contribution in [3.05, 3.63) is 42.5 Å². The van der Waals surface area contributed by atoms with Gasteiger partial charge in [-0.2, -0.15) is 0 Å². The van der Waals surface area contributed by atoms with Crippen molar-refractivity contribution in [2.45, 2.75) is 25.9 Å². The molecule has 24 heavy (non-hydrogen) atoms. The molecule has 1 aliphatic heterocycles. The summed E-state index contributed by atoms with van der Waals surface area (Å²) in [6.45, 7) is 5.23. The molecule has 1 saturated heterocycles. The summed E-state index contributed by atoms with van der Waals surface area (Å²) in [4.78, 5) is 48.1. The molecule has 0 aromatic heterocycles. The molecule has 7 heteroatoms. The zero-order valence-electron chi connectivity index (χ0n) is 13.3. The highest BCUT2D eigenvalue weighted by Gasteiger charge is 2.30. The van der Waals surface area contributed by atoms with Gasteiger partial charge in [0.05, 0.1) is 11.3 Å². The van der Waals surface area contributed by atoms with Gasteiger partial charge >= 0.3 is 5.97 Å². The molecule has 7 nitrogen and oxygen atoms in total. The number of hydrogen-bond donors (Lipinski definition) is 1. The molecule has 1 aromatic rings. The van der Waals surface area contributed by atoms with Gasteiger partial charge in [-0.15, -0.1) is 6.58 Å². The molecule has 1 N–H and O–H groups in total. The van der Waals surface area contributed by atoms with Crippen molar-refractivity contribution >= 4 is 29.4 Å². The van der Waals surface area contributed by atoms with Gasteiger partial charge in [0, 0.05) is 19.4 Å². The SMILES string of the molecule is C=CCNC(=O)[C@H](C)OC(=O)c1ccc(N2C(=O)CCC2=O)cc1. The highest BCUT2D eigenvalue weighted by atomic mass is 16.5. The number of nitrogens with zero attached hydrogens (tertiary/aromatic N) is 1. The first-order valence-corrected chi connectivity index (χ1v) is 7.49. The van der Waals surface area contributed by atoms with E-state index in [-0.39, 0.29) is 36.8 Å². The minimum Gasteiger partial charge on any atom is -0.449 e. The second-order valence-corrected chi connectivity index (χ2v) is 5.25. The second-order valence-electron chi connectivity index (χ2n) is 5.25. The molecular formula is C17H18N2O5. The van der Waals surface area contributed by atoms with E-state index in [4.69, 9.17) is 4.74 Å². The van der Waals surface area contributed by atoms with Crippen LogP contribution in [0.4, 0.5) is 5.69 Å². The minimum absolute atomic E-state index is 0.194. The number of carbonyl (C=O) groups is 4. The average Bonchev–Trinajstić information content (AvgIpc) is 2.91. The minimum atomic E-state index is -0.945. The zero-order chi connectivity index (χ0) is 17.7. The van der Waals surface area contributed by atoms with Crippen LogP contribution >= 0.6 is 0 Å². The Labute approximate surface area is 139 Å². The smallest absolute Gasteiger partial charge is 0.338 e. The van der Waals surface area contributed by atoms with E-state index in [0.717, 1.165) is 4.90 Å². The van der Waals surface area contributed by atoms with Crippen LogP contribution in [-0.2, 0) is 19.1 Å². The fourth-order valence-electron chi connectivity index (χ4n) is 2.21. The van der Waals surface area contributed by atoms with Crippen molar-refractivity contribution in [2.24, 2.45) is 0 Å². The predicted octanol–water partition coefficient (Wildman–Crippen LogP) is 1.19. The van der Waals surface area contributed by atoms with Crippen molar-refractivity contribution in [1.29, 1.82) is 0 Å². The largest absolute Gasteiger partial charge is 0.449 e. The molecule has 3 amide bonds. The number of hydrogen-bond acceptors (Lipinski definition) is 5. The monoisotopic (exact) mass is 330 g/mol. The molecule has 126 valence electrons. The molecule has 2 rings (SSSR count). The van der Waals surface area contributed by atoms with Gasteiger partial charge in [-0.25, -0.2) is 4.79 Å². The Balaban J connectivity index is 2.01. The topological polar surface area (TPSA) is 92.8 Å². The lowest BCUT2D eigenvalue weighted by molar-refractivity contribution is -0.128. The van der Waals surface area contributed by atoms with Crippen LogP contribution in [0, 0.1) is 0 Å². The van der Waals surface area contributed by atoms with Crippen LogP contribution < -0.4 is 10.2 Å². The molecule has 0 bridgehead atoms. The van der Waals surface area contributed by atoms with Crippen LogP contribution in [0.2, 0.25) is 0 Å². The Hall–Kier alpha value is -2.96. The van der Waals surface area contributed by atoms with E-state index in [0.29, 0.717) is 5.69 Å². The molecule has 0 spiro atoms. The summed E-state index contributed by atoms with van der Waals surface area (Å²) in [7, 11) is 0. The molecule has 0 aliphatic carbocycles. The van der Waals surface area contributed by atoms with Gasteiger partial charge in [-0.1, -0.05) is 6.08 Å². The van der Waals surface area contributed by atoms with Crippen molar-refractivity contribution in [1.82, 2.24) is 5.32 Å². The van der Waals surface area contributed by atoms with Gasteiger partial charge in [0.25, 0.3) is 5.91 Å². The third-order valence-corrected chi connectivity index (χ3v) is 3.49. The van der Waals surface area contributed by atoms with Gasteiger partial charge in [-0.05, 0) is 31.2 Å². The van der Waals surface area contributed by atoms with Gasteiger partial charge in [-0.3, -0.25) is 19.3 Å². The van der Waals surface area contributed by atoms with E-state index in [1.54, 1.807) is 0 Å². The number of amides is 3. The fourth-order valence-corrected chi connectivity index (χ4v) is 2.21. The summed E-state index contributed by atoms with van der Waals surface area (Å²) in [5.41, 5.74) is 0.636. The maximum atomic E-state index is 12.0. The Bertz CT molecular complexity index is 665. The number of esters is 1. The normalized spacial score (nSPS) is 15.1. The van der Waals surface area contributed by atoms with Crippen LogP contribution in [0.15, 0.2) is 36.9 Å². The first-order valence-electron chi connectivity index (χ1n) is 7.49. The quantitative estimate of drug-likeness (QED) is 0.480. The third kappa shape index (κ3) is 3.87. The number of imide groups is 1. The first-order chi connectivity index (χ1) is 11.4. The van der Waals surface area contributed by atoms with E-state index in [9.17, 15) is 19.2 Å². The molecule has 1 fully saturated rings. The molecule has 0 radical (unpaired) electrons. The lowest BCUT2D eigenvalue weighted by Gasteiger charge is -2.15. The number of ether oxygens (including phenoxy) is 1. The predicted molar refractivity (Wildman–Crippen MR) is 86.3 cm³/mol. The lowest BCUT2D eigenvalue weighted by atomic mass is 10.2. The summed E-state index contributed by atoms with van der Waals surface area (Å²) in [5.74, 6) is -1.61. The summed E-state index contributed by atoms with van der Waals surface area (Å²) in [6, 6.07) is 5.90. The third-order valence-electron chi connectivity index (χ3n) is 3.49. The van der Waals surface area contributed by atoms with Gasteiger partial charge in [0.1, 0.15) is 0 Å². The molecular weight excluding hydrogens is 312 g/mol. The number of anilines is 1. The van der Waals surface area contributed by atoms with Gasteiger partial charge in [0.15, 0.2) is 6.10 Å². The molecule has 0 unspecified atom stereocenters. The van der Waals surface area contributed by atoms with Crippen LogP contribution in [0.25, 0.3) is 0 Å². The highest BCUT2D eigenvalue weighted by molar-refractivity contribution is 6.19.